The van der Waals surface area contributed by atoms with Crippen molar-refractivity contribution in [2.45, 2.75) is 39.2 Å². The number of rotatable bonds is 4. The van der Waals surface area contributed by atoms with Crippen LogP contribution in [0.3, 0.4) is 0 Å². The zero-order valence-corrected chi connectivity index (χ0v) is 19.7. The molecule has 2 aromatic carbocycles. The molecule has 1 atom stereocenters. The highest BCUT2D eigenvalue weighted by Gasteiger charge is 2.42. The van der Waals surface area contributed by atoms with Gasteiger partial charge < -0.3 is 19.0 Å². The van der Waals surface area contributed by atoms with E-state index in [0.29, 0.717) is 6.61 Å². The number of benzene rings is 2. The molecule has 1 fully saturated rings. The van der Waals surface area contributed by atoms with Crippen molar-refractivity contribution in [1.29, 1.82) is 0 Å². The van der Waals surface area contributed by atoms with E-state index in [1.54, 1.807) is 7.11 Å². The van der Waals surface area contributed by atoms with Gasteiger partial charge >= 0.3 is 0 Å². The third-order valence-electron chi connectivity index (χ3n) is 6.67. The van der Waals surface area contributed by atoms with Crippen molar-refractivity contribution in [2.24, 2.45) is 5.16 Å². The Labute approximate surface area is 195 Å². The molecule has 6 heteroatoms. The number of aryl methyl sites for hydroxylation is 2. The van der Waals surface area contributed by atoms with Crippen LogP contribution in [0, 0.1) is 13.8 Å². The Balaban J connectivity index is 1.48. The lowest BCUT2D eigenvalue weighted by Crippen LogP contribution is -2.55. The highest BCUT2D eigenvalue weighted by molar-refractivity contribution is 6.03. The van der Waals surface area contributed by atoms with Crippen LogP contribution in [0.2, 0.25) is 0 Å². The Morgan fingerprint density at radius 1 is 1.12 bits per heavy atom. The number of nitrogens with zero attached hydrogens (tertiary/aromatic N) is 4. The SMILES string of the molecule is COc1cc(/C=C2\CCCN3C2=NOC[C@@]3(C)c2ccc(C)cc2)ccc1-n1cnc(C)c1. The summed E-state index contributed by atoms with van der Waals surface area (Å²) in [6, 6.07) is 15.0. The third kappa shape index (κ3) is 3.90. The summed E-state index contributed by atoms with van der Waals surface area (Å²) in [6.45, 7) is 7.85. The van der Waals surface area contributed by atoms with Gasteiger partial charge in [0, 0.05) is 12.7 Å². The van der Waals surface area contributed by atoms with E-state index in [0.717, 1.165) is 47.9 Å². The lowest BCUT2D eigenvalue weighted by Gasteiger charge is -2.47. The van der Waals surface area contributed by atoms with Gasteiger partial charge in [0.15, 0.2) is 5.84 Å². The van der Waals surface area contributed by atoms with E-state index in [9.17, 15) is 0 Å². The largest absolute Gasteiger partial charge is 0.495 e. The van der Waals surface area contributed by atoms with E-state index >= 15 is 0 Å². The molecule has 1 saturated heterocycles. The van der Waals surface area contributed by atoms with Gasteiger partial charge in [0.25, 0.3) is 0 Å². The second kappa shape index (κ2) is 8.43. The molecule has 0 unspecified atom stereocenters. The van der Waals surface area contributed by atoms with Gasteiger partial charge in [-0.1, -0.05) is 41.1 Å². The number of oxime groups is 1. The summed E-state index contributed by atoms with van der Waals surface area (Å²) in [5.74, 6) is 1.74. The number of fused-ring (bicyclic) bond motifs is 1. The van der Waals surface area contributed by atoms with Crippen molar-refractivity contribution in [1.82, 2.24) is 14.5 Å². The fraction of sp³-hybridized carbons (Fsp3) is 0.333. The maximum Gasteiger partial charge on any atom is 0.172 e. The average Bonchev–Trinajstić information content (AvgIpc) is 3.26. The summed E-state index contributed by atoms with van der Waals surface area (Å²) in [7, 11) is 1.70. The first-order valence-electron chi connectivity index (χ1n) is 11.4. The lowest BCUT2D eigenvalue weighted by molar-refractivity contribution is 0.00243. The number of methoxy groups -OCH3 is 1. The van der Waals surface area contributed by atoms with Gasteiger partial charge in [-0.3, -0.25) is 0 Å². The van der Waals surface area contributed by atoms with Crippen LogP contribution in [0.1, 0.15) is 42.1 Å². The van der Waals surface area contributed by atoms with Gasteiger partial charge in [-0.2, -0.15) is 0 Å². The minimum absolute atomic E-state index is 0.245. The van der Waals surface area contributed by atoms with Crippen LogP contribution in [-0.4, -0.2) is 40.5 Å². The molecular weight excluding hydrogens is 412 g/mol. The van der Waals surface area contributed by atoms with Gasteiger partial charge in [-0.25, -0.2) is 4.98 Å². The predicted molar refractivity (Wildman–Crippen MR) is 131 cm³/mol. The van der Waals surface area contributed by atoms with Gasteiger partial charge in [0.2, 0.25) is 0 Å². The summed E-state index contributed by atoms with van der Waals surface area (Å²) in [5.41, 5.74) is 6.47. The highest BCUT2D eigenvalue weighted by atomic mass is 16.6. The fourth-order valence-corrected chi connectivity index (χ4v) is 4.74. The lowest BCUT2D eigenvalue weighted by atomic mass is 9.86. The molecule has 0 spiro atoms. The van der Waals surface area contributed by atoms with E-state index in [1.165, 1.54) is 16.7 Å². The smallest absolute Gasteiger partial charge is 0.172 e. The maximum atomic E-state index is 5.80. The minimum atomic E-state index is -0.245. The van der Waals surface area contributed by atoms with Crippen molar-refractivity contribution >= 4 is 11.9 Å². The van der Waals surface area contributed by atoms with Crippen LogP contribution >= 0.6 is 0 Å². The van der Waals surface area contributed by atoms with Crippen LogP contribution in [0.25, 0.3) is 11.8 Å². The molecule has 1 aromatic heterocycles. The van der Waals surface area contributed by atoms with E-state index in [-0.39, 0.29) is 5.54 Å². The Bertz CT molecular complexity index is 1230. The maximum absolute atomic E-state index is 5.80. The molecule has 0 N–H and O–H groups in total. The summed E-state index contributed by atoms with van der Waals surface area (Å²) in [4.78, 5) is 12.5. The summed E-state index contributed by atoms with van der Waals surface area (Å²) >= 11 is 0. The second-order valence-electron chi connectivity index (χ2n) is 9.11. The number of hydrogen-bond acceptors (Lipinski definition) is 5. The van der Waals surface area contributed by atoms with Crippen molar-refractivity contribution < 1.29 is 9.57 Å². The van der Waals surface area contributed by atoms with Crippen LogP contribution in [0.15, 0.2) is 65.7 Å². The highest BCUT2D eigenvalue weighted by Crippen LogP contribution is 2.38. The number of hydrogen-bond donors (Lipinski definition) is 0. The van der Waals surface area contributed by atoms with Crippen molar-refractivity contribution in [2.75, 3.05) is 20.3 Å². The first kappa shape index (κ1) is 21.3. The molecule has 2 aliphatic rings. The number of aromatic nitrogens is 2. The molecule has 2 aliphatic heterocycles. The molecular formula is C27H30N4O2. The van der Waals surface area contributed by atoms with Crippen molar-refractivity contribution in [3.63, 3.8) is 0 Å². The second-order valence-corrected chi connectivity index (χ2v) is 9.11. The predicted octanol–water partition coefficient (Wildman–Crippen LogP) is 5.24. The topological polar surface area (TPSA) is 51.9 Å². The Hall–Kier alpha value is -3.54. The van der Waals surface area contributed by atoms with Crippen LogP contribution in [0.4, 0.5) is 0 Å². The fourth-order valence-electron chi connectivity index (χ4n) is 4.74. The van der Waals surface area contributed by atoms with Gasteiger partial charge in [0.1, 0.15) is 17.9 Å². The standard InChI is InChI=1S/C27H30N4O2/c1-19-7-10-23(11-8-19)27(3)17-33-29-26-22(6-5-13-31(26)27)14-21-9-12-24(25(15-21)32-4)30-16-20(2)28-18-30/h7-12,14-16,18H,5-6,13,17H2,1-4H3/b22-14+/t27-/m0/s1. The number of imidazole rings is 1. The van der Waals surface area contributed by atoms with Crippen LogP contribution < -0.4 is 4.74 Å². The molecule has 0 aliphatic carbocycles. The Kier molecular flexibility index (Phi) is 5.44. The first-order chi connectivity index (χ1) is 16.0. The molecule has 0 amide bonds. The quantitative estimate of drug-likeness (QED) is 0.555. The van der Waals surface area contributed by atoms with Crippen LogP contribution in [0.5, 0.6) is 5.75 Å². The molecule has 3 aromatic rings. The summed E-state index contributed by atoms with van der Waals surface area (Å²) < 4.78 is 7.69. The summed E-state index contributed by atoms with van der Waals surface area (Å²) in [5, 5.41) is 4.51. The van der Waals surface area contributed by atoms with Crippen molar-refractivity contribution in [3.05, 3.63) is 82.9 Å². The minimum Gasteiger partial charge on any atom is -0.495 e. The number of ether oxygens (including phenoxy) is 1. The zero-order chi connectivity index (χ0) is 23.0. The van der Waals surface area contributed by atoms with E-state index in [4.69, 9.17) is 9.57 Å². The van der Waals surface area contributed by atoms with Gasteiger partial charge in [-0.15, -0.1) is 0 Å². The Morgan fingerprint density at radius 3 is 2.67 bits per heavy atom. The third-order valence-corrected chi connectivity index (χ3v) is 6.67. The molecule has 3 heterocycles. The molecule has 170 valence electrons. The monoisotopic (exact) mass is 442 g/mol. The van der Waals surface area contributed by atoms with E-state index in [2.05, 4.69) is 77.4 Å². The van der Waals surface area contributed by atoms with Gasteiger partial charge in [0.05, 0.1) is 24.8 Å². The van der Waals surface area contributed by atoms with Gasteiger partial charge in [-0.05, 0) is 68.5 Å². The average molecular weight is 443 g/mol. The molecule has 0 bridgehead atoms. The molecule has 0 radical (unpaired) electrons. The first-order valence-corrected chi connectivity index (χ1v) is 11.4. The normalized spacial score (nSPS) is 21.4. The Morgan fingerprint density at radius 2 is 1.94 bits per heavy atom. The van der Waals surface area contributed by atoms with E-state index in [1.807, 2.05) is 24.0 Å². The van der Waals surface area contributed by atoms with Crippen molar-refractivity contribution in [3.8, 4) is 11.4 Å². The number of piperidine rings is 1. The zero-order valence-electron chi connectivity index (χ0n) is 19.7. The van der Waals surface area contributed by atoms with E-state index < -0.39 is 0 Å². The number of amidine groups is 1. The van der Waals surface area contributed by atoms with Crippen LogP contribution in [-0.2, 0) is 10.4 Å². The molecule has 0 saturated carbocycles. The molecule has 33 heavy (non-hydrogen) atoms. The summed E-state index contributed by atoms with van der Waals surface area (Å²) in [6.07, 6.45) is 8.06. The molecule has 6 nitrogen and oxygen atoms in total. The molecule has 5 rings (SSSR count).